The largest absolute Gasteiger partial charge is 0.462 e. The molecule has 0 aliphatic rings. The number of nitrogens with one attached hydrogen (secondary N) is 1. The second kappa shape index (κ2) is 6.74. The molecule has 0 amide bonds. The number of hydrogen-bond acceptors (Lipinski definition) is 5. The second-order valence-corrected chi connectivity index (χ2v) is 4.61. The fourth-order valence-electron chi connectivity index (χ4n) is 2.02. The van der Waals surface area contributed by atoms with Gasteiger partial charge in [-0.2, -0.15) is 0 Å². The number of carbonyl (C=O) groups is 1. The lowest BCUT2D eigenvalue weighted by Gasteiger charge is -2.17. The molecule has 1 atom stereocenters. The van der Waals surface area contributed by atoms with Crippen molar-refractivity contribution in [2.45, 2.75) is 19.9 Å². The van der Waals surface area contributed by atoms with Crippen molar-refractivity contribution in [2.75, 3.05) is 17.7 Å². The third-order valence-electron chi connectivity index (χ3n) is 3.10. The van der Waals surface area contributed by atoms with Crippen molar-refractivity contribution < 1.29 is 9.53 Å². The number of carbonyl (C=O) groups excluding carboxylic acids is 1. The van der Waals surface area contributed by atoms with Gasteiger partial charge in [0.2, 0.25) is 0 Å². The van der Waals surface area contributed by atoms with E-state index in [1.165, 1.54) is 0 Å². The van der Waals surface area contributed by atoms with Crippen LogP contribution in [0.5, 0.6) is 0 Å². The average Bonchev–Trinajstić information content (AvgIpc) is 2.50. The predicted octanol–water partition coefficient (Wildman–Crippen LogP) is 3.01. The molecule has 1 unspecified atom stereocenters. The maximum atomic E-state index is 11.8. The minimum absolute atomic E-state index is 0.0223. The van der Waals surface area contributed by atoms with Crippen LogP contribution < -0.4 is 11.1 Å². The SMILES string of the molecule is CCOC(=O)c1cccc(NC(C)c2ccccn2)c1N. The quantitative estimate of drug-likeness (QED) is 0.652. The maximum Gasteiger partial charge on any atom is 0.340 e. The molecular weight excluding hydrogens is 266 g/mol. The van der Waals surface area contributed by atoms with Gasteiger partial charge in [-0.3, -0.25) is 4.98 Å². The molecule has 1 heterocycles. The zero-order chi connectivity index (χ0) is 15.2. The predicted molar refractivity (Wildman–Crippen MR) is 83.1 cm³/mol. The van der Waals surface area contributed by atoms with Gasteiger partial charge < -0.3 is 15.8 Å². The summed E-state index contributed by atoms with van der Waals surface area (Å²) in [6, 6.07) is 11.0. The van der Waals surface area contributed by atoms with Crippen molar-refractivity contribution >= 4 is 17.3 Å². The number of nitrogen functional groups attached to an aromatic ring is 1. The van der Waals surface area contributed by atoms with E-state index >= 15 is 0 Å². The third-order valence-corrected chi connectivity index (χ3v) is 3.10. The highest BCUT2D eigenvalue weighted by Crippen LogP contribution is 2.27. The third kappa shape index (κ3) is 3.51. The standard InChI is InChI=1S/C16H19N3O2/c1-3-21-16(20)12-7-6-9-14(15(12)17)19-11(2)13-8-4-5-10-18-13/h4-11,19H,3,17H2,1-2H3. The van der Waals surface area contributed by atoms with E-state index in [4.69, 9.17) is 10.5 Å². The Morgan fingerprint density at radius 2 is 2.14 bits per heavy atom. The van der Waals surface area contributed by atoms with E-state index in [2.05, 4.69) is 10.3 Å². The molecule has 5 heteroatoms. The molecule has 0 fully saturated rings. The van der Waals surface area contributed by atoms with Gasteiger partial charge in [0, 0.05) is 6.20 Å². The number of hydrogen-bond donors (Lipinski definition) is 2. The van der Waals surface area contributed by atoms with Crippen molar-refractivity contribution in [3.63, 3.8) is 0 Å². The Labute approximate surface area is 124 Å². The van der Waals surface area contributed by atoms with E-state index < -0.39 is 5.97 Å². The summed E-state index contributed by atoms with van der Waals surface area (Å²) < 4.78 is 4.99. The zero-order valence-corrected chi connectivity index (χ0v) is 12.2. The number of ether oxygens (including phenoxy) is 1. The monoisotopic (exact) mass is 285 g/mol. The van der Waals surface area contributed by atoms with Crippen molar-refractivity contribution in [3.8, 4) is 0 Å². The average molecular weight is 285 g/mol. The number of aromatic nitrogens is 1. The summed E-state index contributed by atoms with van der Waals surface area (Å²) in [7, 11) is 0. The Kier molecular flexibility index (Phi) is 4.77. The van der Waals surface area contributed by atoms with Gasteiger partial charge in [-0.15, -0.1) is 0 Å². The minimum atomic E-state index is -0.413. The Morgan fingerprint density at radius 3 is 2.81 bits per heavy atom. The first-order chi connectivity index (χ1) is 10.1. The van der Waals surface area contributed by atoms with Gasteiger partial charge >= 0.3 is 5.97 Å². The van der Waals surface area contributed by atoms with Crippen LogP contribution in [-0.2, 0) is 4.74 Å². The van der Waals surface area contributed by atoms with E-state index in [0.717, 1.165) is 5.69 Å². The number of anilines is 2. The molecule has 0 radical (unpaired) electrons. The first kappa shape index (κ1) is 14.8. The molecule has 110 valence electrons. The van der Waals surface area contributed by atoms with Crippen LogP contribution >= 0.6 is 0 Å². The van der Waals surface area contributed by atoms with Crippen LogP contribution in [0.25, 0.3) is 0 Å². The van der Waals surface area contributed by atoms with Crippen LogP contribution in [0.4, 0.5) is 11.4 Å². The summed E-state index contributed by atoms with van der Waals surface area (Å²) in [6.45, 7) is 4.07. The van der Waals surface area contributed by atoms with Crippen LogP contribution in [-0.4, -0.2) is 17.6 Å². The van der Waals surface area contributed by atoms with Crippen LogP contribution in [0, 0.1) is 0 Å². The van der Waals surface area contributed by atoms with Crippen LogP contribution in [0.3, 0.4) is 0 Å². The fraction of sp³-hybridized carbons (Fsp3) is 0.250. The molecule has 5 nitrogen and oxygen atoms in total. The molecule has 2 aromatic rings. The van der Waals surface area contributed by atoms with Crippen LogP contribution in [0.15, 0.2) is 42.6 Å². The number of pyridine rings is 1. The van der Waals surface area contributed by atoms with Crippen molar-refractivity contribution in [1.29, 1.82) is 0 Å². The highest BCUT2D eigenvalue weighted by Gasteiger charge is 2.15. The lowest BCUT2D eigenvalue weighted by molar-refractivity contribution is 0.0527. The smallest absolute Gasteiger partial charge is 0.340 e. The summed E-state index contributed by atoms with van der Waals surface area (Å²) >= 11 is 0. The van der Waals surface area contributed by atoms with Gasteiger partial charge in [0.1, 0.15) is 0 Å². The van der Waals surface area contributed by atoms with Crippen molar-refractivity contribution in [3.05, 3.63) is 53.9 Å². The summed E-state index contributed by atoms with van der Waals surface area (Å²) in [4.78, 5) is 16.1. The number of nitrogens with two attached hydrogens (primary N) is 1. The van der Waals surface area contributed by atoms with Crippen molar-refractivity contribution in [1.82, 2.24) is 4.98 Å². The van der Waals surface area contributed by atoms with E-state index in [9.17, 15) is 4.79 Å². The molecule has 0 spiro atoms. The Hall–Kier alpha value is -2.56. The molecule has 0 bridgehead atoms. The number of benzene rings is 1. The van der Waals surface area contributed by atoms with E-state index in [-0.39, 0.29) is 6.04 Å². The number of esters is 1. The summed E-state index contributed by atoms with van der Waals surface area (Å²) in [5.74, 6) is -0.413. The molecule has 0 aliphatic carbocycles. The molecule has 0 saturated carbocycles. The first-order valence-electron chi connectivity index (χ1n) is 6.86. The number of para-hydroxylation sites is 1. The lowest BCUT2D eigenvalue weighted by atomic mass is 10.1. The summed E-state index contributed by atoms with van der Waals surface area (Å²) in [6.07, 6.45) is 1.74. The Balaban J connectivity index is 2.21. The molecule has 1 aromatic carbocycles. The number of nitrogens with zero attached hydrogens (tertiary/aromatic N) is 1. The Bertz CT molecular complexity index is 614. The summed E-state index contributed by atoms with van der Waals surface area (Å²) in [5, 5.41) is 3.27. The second-order valence-electron chi connectivity index (χ2n) is 4.61. The molecule has 21 heavy (non-hydrogen) atoms. The van der Waals surface area contributed by atoms with Crippen LogP contribution in [0.1, 0.15) is 35.9 Å². The van der Waals surface area contributed by atoms with Gasteiger partial charge in [-0.1, -0.05) is 12.1 Å². The molecule has 1 aromatic heterocycles. The van der Waals surface area contributed by atoms with Gasteiger partial charge in [0.05, 0.1) is 35.3 Å². The molecule has 0 saturated heterocycles. The Morgan fingerprint density at radius 1 is 1.33 bits per heavy atom. The zero-order valence-electron chi connectivity index (χ0n) is 12.2. The molecule has 2 rings (SSSR count). The van der Waals surface area contributed by atoms with E-state index in [1.807, 2.05) is 31.2 Å². The normalized spacial score (nSPS) is 11.7. The highest BCUT2D eigenvalue weighted by atomic mass is 16.5. The van der Waals surface area contributed by atoms with Crippen molar-refractivity contribution in [2.24, 2.45) is 0 Å². The van der Waals surface area contributed by atoms with E-state index in [0.29, 0.717) is 23.5 Å². The molecule has 0 aliphatic heterocycles. The first-order valence-corrected chi connectivity index (χ1v) is 6.86. The molecule has 3 N–H and O–H groups in total. The highest BCUT2D eigenvalue weighted by molar-refractivity contribution is 5.98. The van der Waals surface area contributed by atoms with E-state index in [1.54, 1.807) is 25.3 Å². The summed E-state index contributed by atoms with van der Waals surface area (Å²) in [5.41, 5.74) is 8.41. The van der Waals surface area contributed by atoms with Crippen LogP contribution in [0.2, 0.25) is 0 Å². The van der Waals surface area contributed by atoms with Gasteiger partial charge in [-0.05, 0) is 38.1 Å². The van der Waals surface area contributed by atoms with Gasteiger partial charge in [-0.25, -0.2) is 4.79 Å². The minimum Gasteiger partial charge on any atom is -0.462 e. The topological polar surface area (TPSA) is 77.2 Å². The lowest BCUT2D eigenvalue weighted by Crippen LogP contribution is -2.13. The van der Waals surface area contributed by atoms with Gasteiger partial charge in [0.15, 0.2) is 0 Å². The molecular formula is C16H19N3O2. The fourth-order valence-corrected chi connectivity index (χ4v) is 2.02. The number of rotatable bonds is 5. The maximum absolute atomic E-state index is 11.8. The van der Waals surface area contributed by atoms with Gasteiger partial charge in [0.25, 0.3) is 0 Å².